The van der Waals surface area contributed by atoms with Crippen molar-refractivity contribution >= 4 is 29.2 Å². The van der Waals surface area contributed by atoms with Gasteiger partial charge in [0.05, 0.1) is 25.9 Å². The SMILES string of the molecule is COC(=O)c1ccc(NC(=O)C(=O)NCCc2ccc(N3CCOCC3)cc2)cc1. The first-order chi connectivity index (χ1) is 14.6. The molecule has 1 aliphatic heterocycles. The molecule has 2 aromatic carbocycles. The van der Waals surface area contributed by atoms with E-state index in [1.165, 1.54) is 31.4 Å². The first-order valence-electron chi connectivity index (χ1n) is 9.76. The second-order valence-corrected chi connectivity index (χ2v) is 6.79. The monoisotopic (exact) mass is 411 g/mol. The highest BCUT2D eigenvalue weighted by Gasteiger charge is 2.14. The second-order valence-electron chi connectivity index (χ2n) is 6.79. The fourth-order valence-electron chi connectivity index (χ4n) is 3.09. The van der Waals surface area contributed by atoms with Crippen LogP contribution in [0.25, 0.3) is 0 Å². The lowest BCUT2D eigenvalue weighted by Gasteiger charge is -2.28. The minimum atomic E-state index is -0.761. The summed E-state index contributed by atoms with van der Waals surface area (Å²) in [5, 5.41) is 5.12. The van der Waals surface area contributed by atoms with E-state index in [1.54, 1.807) is 0 Å². The Morgan fingerprint density at radius 3 is 2.27 bits per heavy atom. The van der Waals surface area contributed by atoms with Crippen LogP contribution in [0.4, 0.5) is 11.4 Å². The molecule has 1 heterocycles. The predicted octanol–water partition coefficient (Wildman–Crippen LogP) is 1.61. The number of nitrogens with zero attached hydrogens (tertiary/aromatic N) is 1. The minimum absolute atomic E-state index is 0.352. The molecular weight excluding hydrogens is 386 g/mol. The van der Waals surface area contributed by atoms with E-state index in [0.717, 1.165) is 37.6 Å². The third-order valence-electron chi connectivity index (χ3n) is 4.78. The summed E-state index contributed by atoms with van der Waals surface area (Å²) in [5.41, 5.74) is 3.01. The zero-order valence-corrected chi connectivity index (χ0v) is 16.8. The van der Waals surface area contributed by atoms with Gasteiger partial charge in [0.1, 0.15) is 0 Å². The molecule has 8 heteroatoms. The van der Waals surface area contributed by atoms with Crippen molar-refractivity contribution in [2.45, 2.75) is 6.42 Å². The van der Waals surface area contributed by atoms with Crippen LogP contribution in [0, 0.1) is 0 Å². The number of ether oxygens (including phenoxy) is 2. The largest absolute Gasteiger partial charge is 0.465 e. The molecule has 0 spiro atoms. The number of hydrogen-bond donors (Lipinski definition) is 2. The van der Waals surface area contributed by atoms with Crippen molar-refractivity contribution in [2.24, 2.45) is 0 Å². The van der Waals surface area contributed by atoms with Gasteiger partial charge in [0.2, 0.25) is 0 Å². The highest BCUT2D eigenvalue weighted by atomic mass is 16.5. The lowest BCUT2D eigenvalue weighted by atomic mass is 10.1. The van der Waals surface area contributed by atoms with Crippen molar-refractivity contribution in [2.75, 3.05) is 50.2 Å². The van der Waals surface area contributed by atoms with Gasteiger partial charge in [-0.05, 0) is 48.4 Å². The third-order valence-corrected chi connectivity index (χ3v) is 4.78. The molecule has 0 aliphatic carbocycles. The number of esters is 1. The number of hydrogen-bond acceptors (Lipinski definition) is 6. The van der Waals surface area contributed by atoms with E-state index in [2.05, 4.69) is 32.4 Å². The topological polar surface area (TPSA) is 97.0 Å². The number of morpholine rings is 1. The Hall–Kier alpha value is -3.39. The number of amides is 2. The van der Waals surface area contributed by atoms with E-state index in [-0.39, 0.29) is 0 Å². The summed E-state index contributed by atoms with van der Waals surface area (Å²) in [6, 6.07) is 14.3. The van der Waals surface area contributed by atoms with Crippen molar-refractivity contribution in [3.63, 3.8) is 0 Å². The van der Waals surface area contributed by atoms with Crippen molar-refractivity contribution in [1.29, 1.82) is 0 Å². The smallest absolute Gasteiger partial charge is 0.337 e. The Morgan fingerprint density at radius 2 is 1.63 bits per heavy atom. The van der Waals surface area contributed by atoms with Crippen LogP contribution in [-0.2, 0) is 25.5 Å². The molecular formula is C22H25N3O5. The van der Waals surface area contributed by atoms with E-state index in [4.69, 9.17) is 4.74 Å². The molecule has 1 fully saturated rings. The number of rotatable bonds is 6. The number of carbonyl (C=O) groups excluding carboxylic acids is 3. The Balaban J connectivity index is 1.42. The Morgan fingerprint density at radius 1 is 0.967 bits per heavy atom. The molecule has 0 unspecified atom stereocenters. The van der Waals surface area contributed by atoms with Crippen LogP contribution in [-0.4, -0.2) is 57.7 Å². The second kappa shape index (κ2) is 10.4. The summed E-state index contributed by atoms with van der Waals surface area (Å²) in [6.45, 7) is 3.60. The summed E-state index contributed by atoms with van der Waals surface area (Å²) in [4.78, 5) is 37.7. The molecule has 8 nitrogen and oxygen atoms in total. The summed E-state index contributed by atoms with van der Waals surface area (Å²) < 4.78 is 9.98. The lowest BCUT2D eigenvalue weighted by molar-refractivity contribution is -0.136. The maximum absolute atomic E-state index is 12.0. The maximum atomic E-state index is 12.0. The molecule has 2 amide bonds. The number of nitrogens with one attached hydrogen (secondary N) is 2. The molecule has 0 bridgehead atoms. The highest BCUT2D eigenvalue weighted by Crippen LogP contribution is 2.16. The molecule has 0 saturated carbocycles. The van der Waals surface area contributed by atoms with Gasteiger partial charge in [-0.3, -0.25) is 9.59 Å². The van der Waals surface area contributed by atoms with Gasteiger partial charge in [0.25, 0.3) is 0 Å². The molecule has 0 atom stereocenters. The minimum Gasteiger partial charge on any atom is -0.465 e. The molecule has 0 aromatic heterocycles. The van der Waals surface area contributed by atoms with Crippen molar-refractivity contribution < 1.29 is 23.9 Å². The maximum Gasteiger partial charge on any atom is 0.337 e. The molecule has 2 N–H and O–H groups in total. The number of methoxy groups -OCH3 is 1. The Bertz CT molecular complexity index is 875. The van der Waals surface area contributed by atoms with E-state index < -0.39 is 17.8 Å². The van der Waals surface area contributed by atoms with Gasteiger partial charge in [0.15, 0.2) is 0 Å². The average molecular weight is 411 g/mol. The van der Waals surface area contributed by atoms with Crippen LogP contribution in [0.5, 0.6) is 0 Å². The average Bonchev–Trinajstić information content (AvgIpc) is 2.80. The quantitative estimate of drug-likeness (QED) is 0.554. The highest BCUT2D eigenvalue weighted by molar-refractivity contribution is 6.39. The van der Waals surface area contributed by atoms with E-state index >= 15 is 0 Å². The van der Waals surface area contributed by atoms with Crippen LogP contribution >= 0.6 is 0 Å². The molecule has 30 heavy (non-hydrogen) atoms. The van der Waals surface area contributed by atoms with Gasteiger partial charge in [-0.15, -0.1) is 0 Å². The molecule has 1 aliphatic rings. The fourth-order valence-corrected chi connectivity index (χ4v) is 3.09. The van der Waals surface area contributed by atoms with Crippen molar-refractivity contribution in [1.82, 2.24) is 5.32 Å². The number of carbonyl (C=O) groups is 3. The summed E-state index contributed by atoms with van der Waals surface area (Å²) in [7, 11) is 1.29. The standard InChI is InChI=1S/C22H25N3O5/c1-29-22(28)17-4-6-18(7-5-17)24-21(27)20(26)23-11-10-16-2-8-19(9-3-16)25-12-14-30-15-13-25/h2-9H,10-15H2,1H3,(H,23,26)(H,24,27). The van der Waals surface area contributed by atoms with Gasteiger partial charge >= 0.3 is 17.8 Å². The van der Waals surface area contributed by atoms with Gasteiger partial charge in [-0.25, -0.2) is 4.79 Å². The fraction of sp³-hybridized carbons (Fsp3) is 0.318. The van der Waals surface area contributed by atoms with Crippen LogP contribution < -0.4 is 15.5 Å². The Kier molecular flexibility index (Phi) is 7.40. The summed E-state index contributed by atoms with van der Waals surface area (Å²) in [5.74, 6) is -1.94. The van der Waals surface area contributed by atoms with Gasteiger partial charge < -0.3 is 25.0 Å². The van der Waals surface area contributed by atoms with E-state index in [1.807, 2.05) is 12.1 Å². The molecule has 1 saturated heterocycles. The first-order valence-corrected chi connectivity index (χ1v) is 9.76. The number of anilines is 2. The number of benzene rings is 2. The first kappa shape index (κ1) is 21.3. The van der Waals surface area contributed by atoms with Crippen LogP contribution in [0.2, 0.25) is 0 Å². The van der Waals surface area contributed by atoms with Crippen LogP contribution in [0.1, 0.15) is 15.9 Å². The molecule has 2 aromatic rings. The van der Waals surface area contributed by atoms with Crippen molar-refractivity contribution in [3.8, 4) is 0 Å². The van der Waals surface area contributed by atoms with E-state index in [0.29, 0.717) is 24.2 Å². The van der Waals surface area contributed by atoms with Crippen LogP contribution in [0.15, 0.2) is 48.5 Å². The summed E-state index contributed by atoms with van der Waals surface area (Å²) in [6.07, 6.45) is 0.621. The molecule has 0 radical (unpaired) electrons. The summed E-state index contributed by atoms with van der Waals surface area (Å²) >= 11 is 0. The molecule has 3 rings (SSSR count). The zero-order chi connectivity index (χ0) is 21.3. The predicted molar refractivity (Wildman–Crippen MR) is 113 cm³/mol. The third kappa shape index (κ3) is 5.81. The van der Waals surface area contributed by atoms with Crippen LogP contribution in [0.3, 0.4) is 0 Å². The molecule has 158 valence electrons. The Labute approximate surface area is 175 Å². The zero-order valence-electron chi connectivity index (χ0n) is 16.8. The van der Waals surface area contributed by atoms with E-state index in [9.17, 15) is 14.4 Å². The normalized spacial score (nSPS) is 13.4. The van der Waals surface area contributed by atoms with Gasteiger partial charge in [-0.2, -0.15) is 0 Å². The lowest BCUT2D eigenvalue weighted by Crippen LogP contribution is -2.36. The van der Waals surface area contributed by atoms with Gasteiger partial charge in [-0.1, -0.05) is 12.1 Å². The van der Waals surface area contributed by atoms with Crippen molar-refractivity contribution in [3.05, 3.63) is 59.7 Å². The van der Waals surface area contributed by atoms with Gasteiger partial charge in [0, 0.05) is 31.0 Å².